The fourth-order valence-corrected chi connectivity index (χ4v) is 4.59. The number of Topliss-reactive ketones (excluding diaryl/α,β-unsaturated/α-hetero) is 1. The van der Waals surface area contributed by atoms with E-state index in [2.05, 4.69) is 0 Å². The molecule has 2 bridgehead atoms. The number of fused-ring (bicyclic) bond motifs is 2. The molecule has 1 aliphatic carbocycles. The highest BCUT2D eigenvalue weighted by Gasteiger charge is 2.53. The molecule has 0 spiro atoms. The van der Waals surface area contributed by atoms with Gasteiger partial charge < -0.3 is 10.0 Å². The molecule has 1 aliphatic heterocycles. The number of carbonyl (C=O) groups is 1. The van der Waals surface area contributed by atoms with Crippen LogP contribution in [-0.4, -0.2) is 34.5 Å². The van der Waals surface area contributed by atoms with Crippen LogP contribution in [0, 0.1) is 22.0 Å². The maximum atomic E-state index is 13.1. The molecule has 140 valence electrons. The van der Waals surface area contributed by atoms with Gasteiger partial charge in [0.1, 0.15) is 5.78 Å². The fourth-order valence-electron chi connectivity index (χ4n) is 4.59. The summed E-state index contributed by atoms with van der Waals surface area (Å²) in [6, 6.07) is 16.3. The largest absolute Gasteiger partial charge is 0.389 e. The number of hydrogen-bond acceptors (Lipinski definition) is 5. The average Bonchev–Trinajstić information content (AvgIpc) is 2.66. The first-order valence-corrected chi connectivity index (χ1v) is 9.17. The third-order valence-electron chi connectivity index (χ3n) is 6.03. The summed E-state index contributed by atoms with van der Waals surface area (Å²) in [5, 5.41) is 22.2. The molecule has 4 rings (SSSR count). The highest BCUT2D eigenvalue weighted by molar-refractivity contribution is 5.89. The number of nitro benzene ring substituents is 1. The third kappa shape index (κ3) is 3.10. The quantitative estimate of drug-likeness (QED) is 0.666. The molecule has 4 atom stereocenters. The van der Waals surface area contributed by atoms with Crippen LogP contribution in [-0.2, 0) is 4.79 Å². The Morgan fingerprint density at radius 2 is 1.85 bits per heavy atom. The number of carbonyl (C=O) groups excluding carboxylic acids is 1. The normalized spacial score (nSPS) is 30.2. The summed E-state index contributed by atoms with van der Waals surface area (Å²) in [6.45, 7) is 2.62. The summed E-state index contributed by atoms with van der Waals surface area (Å²) in [7, 11) is 0. The van der Waals surface area contributed by atoms with Crippen LogP contribution in [0.4, 0.5) is 11.4 Å². The van der Waals surface area contributed by atoms with Crippen LogP contribution in [0.1, 0.15) is 24.8 Å². The van der Waals surface area contributed by atoms with Gasteiger partial charge >= 0.3 is 0 Å². The van der Waals surface area contributed by atoms with Crippen LogP contribution in [0.25, 0.3) is 0 Å². The number of non-ortho nitro benzene ring substituents is 1. The van der Waals surface area contributed by atoms with Crippen molar-refractivity contribution in [3.8, 4) is 0 Å². The monoisotopic (exact) mass is 366 g/mol. The van der Waals surface area contributed by atoms with Crippen molar-refractivity contribution in [2.75, 3.05) is 18.0 Å². The van der Waals surface area contributed by atoms with E-state index in [1.165, 1.54) is 12.1 Å². The summed E-state index contributed by atoms with van der Waals surface area (Å²) in [6.07, 6.45) is 0.543. The molecule has 1 heterocycles. The zero-order valence-corrected chi connectivity index (χ0v) is 15.1. The second kappa shape index (κ2) is 6.46. The lowest BCUT2D eigenvalue weighted by Gasteiger charge is -2.51. The number of aliphatic hydroxyl groups is 1. The van der Waals surface area contributed by atoms with Crippen molar-refractivity contribution in [3.05, 3.63) is 70.3 Å². The Bertz CT molecular complexity index is 881. The Kier molecular flexibility index (Phi) is 4.23. The van der Waals surface area contributed by atoms with Crippen LogP contribution < -0.4 is 4.90 Å². The van der Waals surface area contributed by atoms with E-state index in [1.54, 1.807) is 13.0 Å². The molecule has 1 N–H and O–H groups in total. The van der Waals surface area contributed by atoms with Gasteiger partial charge in [0.15, 0.2) is 0 Å². The average molecular weight is 366 g/mol. The summed E-state index contributed by atoms with van der Waals surface area (Å²) in [5.41, 5.74) is 0.695. The van der Waals surface area contributed by atoms with Crippen LogP contribution >= 0.6 is 0 Å². The van der Waals surface area contributed by atoms with Gasteiger partial charge in [0.05, 0.1) is 16.4 Å². The van der Waals surface area contributed by atoms with Gasteiger partial charge in [0, 0.05) is 36.8 Å². The summed E-state index contributed by atoms with van der Waals surface area (Å²) in [5.74, 6) is -0.686. The Balaban J connectivity index is 1.71. The summed E-state index contributed by atoms with van der Waals surface area (Å²) >= 11 is 0. The molecule has 2 fully saturated rings. The van der Waals surface area contributed by atoms with Gasteiger partial charge in [0.2, 0.25) is 0 Å². The third-order valence-corrected chi connectivity index (χ3v) is 6.03. The molecule has 2 aliphatic rings. The number of ketones is 1. The summed E-state index contributed by atoms with van der Waals surface area (Å²) in [4.78, 5) is 25.8. The minimum atomic E-state index is -1.10. The molecule has 0 amide bonds. The Morgan fingerprint density at radius 3 is 2.56 bits per heavy atom. The van der Waals surface area contributed by atoms with Gasteiger partial charge in [-0.1, -0.05) is 36.4 Å². The number of nitrogens with zero attached hydrogens (tertiary/aromatic N) is 2. The van der Waals surface area contributed by atoms with E-state index in [0.29, 0.717) is 19.5 Å². The Labute approximate surface area is 157 Å². The van der Waals surface area contributed by atoms with Gasteiger partial charge in [-0.3, -0.25) is 14.9 Å². The van der Waals surface area contributed by atoms with Crippen molar-refractivity contribution in [1.82, 2.24) is 0 Å². The van der Waals surface area contributed by atoms with Gasteiger partial charge in [-0.25, -0.2) is 0 Å². The molecule has 27 heavy (non-hydrogen) atoms. The zero-order chi connectivity index (χ0) is 19.2. The number of anilines is 1. The highest BCUT2D eigenvalue weighted by Crippen LogP contribution is 2.47. The molecule has 6 heteroatoms. The van der Waals surface area contributed by atoms with Crippen LogP contribution in [0.2, 0.25) is 0 Å². The topological polar surface area (TPSA) is 83.7 Å². The van der Waals surface area contributed by atoms with Gasteiger partial charge in [0.25, 0.3) is 5.69 Å². The van der Waals surface area contributed by atoms with Crippen LogP contribution in [0.5, 0.6) is 0 Å². The van der Waals surface area contributed by atoms with E-state index < -0.39 is 16.4 Å². The molecule has 1 saturated heterocycles. The first kappa shape index (κ1) is 17.7. The maximum Gasteiger partial charge on any atom is 0.271 e. The van der Waals surface area contributed by atoms with E-state index >= 15 is 0 Å². The first-order chi connectivity index (χ1) is 12.9. The second-order valence-corrected chi connectivity index (χ2v) is 7.82. The van der Waals surface area contributed by atoms with Gasteiger partial charge in [-0.05, 0) is 30.9 Å². The van der Waals surface area contributed by atoms with Crippen molar-refractivity contribution < 1.29 is 14.8 Å². The van der Waals surface area contributed by atoms with Gasteiger partial charge in [-0.2, -0.15) is 0 Å². The standard InChI is InChI=1S/C21H22N2O4/c1-21(25)11-17(14-6-3-2-4-7-14)18-12-22(13-19(21)20(18)24)15-8-5-9-16(10-15)23(26)27/h2-10,17-19,25H,11-13H2,1H3/t17-,18+,19+,21+/m1/s1. The van der Waals surface area contributed by atoms with E-state index in [0.717, 1.165) is 11.3 Å². The zero-order valence-electron chi connectivity index (χ0n) is 15.1. The predicted octanol–water partition coefficient (Wildman–Crippen LogP) is 3.15. The van der Waals surface area contributed by atoms with E-state index in [1.807, 2.05) is 41.3 Å². The number of hydrogen-bond donors (Lipinski definition) is 1. The number of nitro groups is 1. The number of rotatable bonds is 3. The van der Waals surface area contributed by atoms with E-state index in [9.17, 15) is 20.0 Å². The number of piperidine rings is 1. The van der Waals surface area contributed by atoms with Crippen molar-refractivity contribution in [1.29, 1.82) is 0 Å². The molecule has 2 aromatic carbocycles. The molecule has 0 aromatic heterocycles. The molecule has 0 unspecified atom stereocenters. The Morgan fingerprint density at radius 1 is 1.11 bits per heavy atom. The van der Waals surface area contributed by atoms with Gasteiger partial charge in [-0.15, -0.1) is 0 Å². The predicted molar refractivity (Wildman–Crippen MR) is 102 cm³/mol. The SMILES string of the molecule is C[C@]1(O)C[C@H](c2ccccc2)[C@@H]2CN(c3cccc([N+](=O)[O-])c3)C[C@H]1C2=O. The minimum Gasteiger partial charge on any atom is -0.389 e. The lowest BCUT2D eigenvalue weighted by atomic mass is 9.61. The lowest BCUT2D eigenvalue weighted by Crippen LogP contribution is -2.61. The second-order valence-electron chi connectivity index (χ2n) is 7.82. The van der Waals surface area contributed by atoms with Crippen molar-refractivity contribution in [2.45, 2.75) is 24.9 Å². The van der Waals surface area contributed by atoms with Crippen molar-refractivity contribution >= 4 is 17.2 Å². The molecular formula is C21H22N2O4. The maximum absolute atomic E-state index is 13.1. The molecule has 2 aromatic rings. The molecular weight excluding hydrogens is 344 g/mol. The Hall–Kier alpha value is -2.73. The van der Waals surface area contributed by atoms with Crippen molar-refractivity contribution in [3.63, 3.8) is 0 Å². The highest BCUT2D eigenvalue weighted by atomic mass is 16.6. The van der Waals surface area contributed by atoms with E-state index in [-0.39, 0.29) is 23.3 Å². The van der Waals surface area contributed by atoms with Crippen molar-refractivity contribution in [2.24, 2.45) is 11.8 Å². The van der Waals surface area contributed by atoms with Crippen LogP contribution in [0.15, 0.2) is 54.6 Å². The fraction of sp³-hybridized carbons (Fsp3) is 0.381. The smallest absolute Gasteiger partial charge is 0.271 e. The first-order valence-electron chi connectivity index (χ1n) is 9.17. The van der Waals surface area contributed by atoms with E-state index in [4.69, 9.17) is 0 Å². The lowest BCUT2D eigenvalue weighted by molar-refractivity contribution is -0.384. The molecule has 0 radical (unpaired) electrons. The number of benzene rings is 2. The molecule has 6 nitrogen and oxygen atoms in total. The van der Waals surface area contributed by atoms with Crippen LogP contribution in [0.3, 0.4) is 0 Å². The summed E-state index contributed by atoms with van der Waals surface area (Å²) < 4.78 is 0. The molecule has 1 saturated carbocycles. The minimum absolute atomic E-state index is 0.0286.